The SMILES string of the molecule is COC(=O)c1cnc(Nc2cc([N+](=O)[O-])c(N(C)CC3CCCN3C)cc2OC)nc1-c1c[nH]c2ccccc12. The molecule has 1 saturated heterocycles. The molecule has 0 amide bonds. The normalized spacial score (nSPS) is 15.2. The molecule has 40 heavy (non-hydrogen) atoms. The van der Waals surface area contributed by atoms with Gasteiger partial charge in [0.05, 0.1) is 30.5 Å². The number of nitrogens with one attached hydrogen (secondary N) is 2. The Morgan fingerprint density at radius 2 is 2.10 bits per heavy atom. The third-order valence-corrected chi connectivity index (χ3v) is 7.35. The van der Waals surface area contributed by atoms with Crippen LogP contribution in [0.15, 0.2) is 48.8 Å². The lowest BCUT2D eigenvalue weighted by atomic mass is 10.1. The highest BCUT2D eigenvalue weighted by atomic mass is 16.6. The Hall–Kier alpha value is -4.71. The average Bonchev–Trinajstić information content (AvgIpc) is 3.58. The lowest BCUT2D eigenvalue weighted by Gasteiger charge is -2.27. The molecule has 0 aliphatic carbocycles. The van der Waals surface area contributed by atoms with Gasteiger partial charge in [-0.3, -0.25) is 10.1 Å². The summed E-state index contributed by atoms with van der Waals surface area (Å²) in [6.45, 7) is 1.67. The number of hydrogen-bond acceptors (Lipinski definition) is 10. The molecule has 1 fully saturated rings. The molecule has 12 nitrogen and oxygen atoms in total. The number of para-hydroxylation sites is 1. The summed E-state index contributed by atoms with van der Waals surface area (Å²) in [5, 5.41) is 16.1. The molecule has 1 aliphatic rings. The first-order valence-corrected chi connectivity index (χ1v) is 12.9. The quantitative estimate of drug-likeness (QED) is 0.174. The minimum absolute atomic E-state index is 0.0746. The number of ether oxygens (including phenoxy) is 2. The number of nitrogens with zero attached hydrogens (tertiary/aromatic N) is 5. The van der Waals surface area contributed by atoms with Crippen LogP contribution in [0.3, 0.4) is 0 Å². The lowest BCUT2D eigenvalue weighted by molar-refractivity contribution is -0.384. The van der Waals surface area contributed by atoms with E-state index in [2.05, 4.69) is 32.2 Å². The molecule has 0 bridgehead atoms. The second-order valence-corrected chi connectivity index (χ2v) is 9.78. The molecule has 5 rings (SSSR count). The molecule has 4 aromatic rings. The molecule has 3 heterocycles. The molecule has 208 valence electrons. The summed E-state index contributed by atoms with van der Waals surface area (Å²) >= 11 is 0. The van der Waals surface area contributed by atoms with Crippen LogP contribution in [0.5, 0.6) is 5.75 Å². The van der Waals surface area contributed by atoms with E-state index < -0.39 is 10.9 Å². The van der Waals surface area contributed by atoms with Crippen molar-refractivity contribution in [1.29, 1.82) is 0 Å². The molecule has 1 aliphatic heterocycles. The van der Waals surface area contributed by atoms with Gasteiger partial charge in [-0.25, -0.2) is 14.8 Å². The van der Waals surface area contributed by atoms with Crippen molar-refractivity contribution in [3.05, 3.63) is 64.5 Å². The van der Waals surface area contributed by atoms with Gasteiger partial charge in [0.2, 0.25) is 5.95 Å². The number of carbonyl (C=O) groups is 1. The van der Waals surface area contributed by atoms with Crippen LogP contribution in [0, 0.1) is 10.1 Å². The van der Waals surface area contributed by atoms with E-state index in [4.69, 9.17) is 9.47 Å². The lowest BCUT2D eigenvalue weighted by Crippen LogP contribution is -2.36. The van der Waals surface area contributed by atoms with E-state index in [1.54, 1.807) is 12.3 Å². The van der Waals surface area contributed by atoms with E-state index in [-0.39, 0.29) is 17.2 Å². The molecular weight excluding hydrogens is 514 g/mol. The number of nitro benzene ring substituents is 1. The van der Waals surface area contributed by atoms with Crippen LogP contribution in [0.4, 0.5) is 23.0 Å². The fourth-order valence-corrected chi connectivity index (χ4v) is 5.20. The molecule has 1 unspecified atom stereocenters. The van der Waals surface area contributed by atoms with Gasteiger partial charge in [0.15, 0.2) is 0 Å². The van der Waals surface area contributed by atoms with Crippen LogP contribution in [-0.4, -0.2) is 78.2 Å². The topological polar surface area (TPSA) is 139 Å². The monoisotopic (exact) mass is 545 g/mol. The maximum Gasteiger partial charge on any atom is 0.341 e. The number of fused-ring (bicyclic) bond motifs is 1. The van der Waals surface area contributed by atoms with E-state index in [1.165, 1.54) is 26.5 Å². The summed E-state index contributed by atoms with van der Waals surface area (Å²) in [6, 6.07) is 11.0. The number of hydrogen-bond donors (Lipinski definition) is 2. The van der Waals surface area contributed by atoms with Gasteiger partial charge in [-0.15, -0.1) is 0 Å². The third-order valence-electron chi connectivity index (χ3n) is 7.35. The Bertz CT molecular complexity index is 1570. The van der Waals surface area contributed by atoms with Crippen molar-refractivity contribution < 1.29 is 19.2 Å². The van der Waals surface area contributed by atoms with Crippen molar-refractivity contribution >= 4 is 39.9 Å². The van der Waals surface area contributed by atoms with E-state index in [0.717, 1.165) is 30.3 Å². The number of benzene rings is 2. The second kappa shape index (κ2) is 11.2. The number of esters is 1. The van der Waals surface area contributed by atoms with Gasteiger partial charge in [0.25, 0.3) is 5.69 Å². The van der Waals surface area contributed by atoms with Gasteiger partial charge >= 0.3 is 5.97 Å². The van der Waals surface area contributed by atoms with E-state index >= 15 is 0 Å². The summed E-state index contributed by atoms with van der Waals surface area (Å²) in [6.07, 6.45) is 5.29. The number of rotatable bonds is 9. The van der Waals surface area contributed by atoms with Crippen molar-refractivity contribution in [2.24, 2.45) is 0 Å². The van der Waals surface area contributed by atoms with Crippen LogP contribution in [0.2, 0.25) is 0 Å². The fourth-order valence-electron chi connectivity index (χ4n) is 5.20. The fraction of sp³-hybridized carbons (Fsp3) is 0.321. The Morgan fingerprint density at radius 1 is 1.30 bits per heavy atom. The number of methoxy groups -OCH3 is 2. The molecule has 12 heteroatoms. The van der Waals surface area contributed by atoms with Crippen LogP contribution in [0.25, 0.3) is 22.2 Å². The van der Waals surface area contributed by atoms with E-state index in [1.807, 2.05) is 36.2 Å². The molecule has 1 atom stereocenters. The highest BCUT2D eigenvalue weighted by Crippen LogP contribution is 2.40. The molecule has 2 aromatic heterocycles. The summed E-state index contributed by atoms with van der Waals surface area (Å²) < 4.78 is 10.6. The van der Waals surface area contributed by atoms with E-state index in [9.17, 15) is 14.9 Å². The number of nitro groups is 1. The maximum absolute atomic E-state index is 12.6. The number of H-pyrrole nitrogens is 1. The third kappa shape index (κ3) is 5.13. The molecule has 0 saturated carbocycles. The van der Waals surface area contributed by atoms with Crippen molar-refractivity contribution in [2.75, 3.05) is 51.6 Å². The minimum atomic E-state index is -0.583. The summed E-state index contributed by atoms with van der Waals surface area (Å²) in [7, 11) is 6.72. The second-order valence-electron chi connectivity index (χ2n) is 9.78. The summed E-state index contributed by atoms with van der Waals surface area (Å²) in [5.74, 6) is -0.0592. The zero-order valence-corrected chi connectivity index (χ0v) is 22.8. The summed E-state index contributed by atoms with van der Waals surface area (Å²) in [4.78, 5) is 40.6. The number of likely N-dealkylation sites (tertiary alicyclic amines) is 1. The zero-order valence-electron chi connectivity index (χ0n) is 22.8. The van der Waals surface area contributed by atoms with Crippen molar-refractivity contribution in [1.82, 2.24) is 19.9 Å². The molecule has 2 aromatic carbocycles. The first-order valence-electron chi connectivity index (χ1n) is 12.9. The molecule has 2 N–H and O–H groups in total. The molecule has 0 radical (unpaired) electrons. The highest BCUT2D eigenvalue weighted by Gasteiger charge is 2.27. The van der Waals surface area contributed by atoms with Gasteiger partial charge in [-0.1, -0.05) is 18.2 Å². The number of aromatic nitrogens is 3. The van der Waals surface area contributed by atoms with Crippen molar-refractivity contribution in [3.8, 4) is 17.0 Å². The Kier molecular flexibility index (Phi) is 7.52. The molecular formula is C28H31N7O5. The van der Waals surface area contributed by atoms with Crippen molar-refractivity contribution in [3.63, 3.8) is 0 Å². The number of anilines is 3. The standard InChI is InChI=1S/C28H31N7O5/c1-33-11-7-8-17(33)16-34(2)23-13-25(39-3)22(12-24(23)35(37)38)31-28-30-15-20(27(36)40-4)26(32-28)19-14-29-21-10-6-5-9-18(19)21/h5-6,9-10,12-15,17,29H,7-8,11,16H2,1-4H3,(H,30,31,32). The van der Waals surface area contributed by atoms with Crippen LogP contribution in [0.1, 0.15) is 23.2 Å². The first-order chi connectivity index (χ1) is 19.3. The smallest absolute Gasteiger partial charge is 0.341 e. The van der Waals surface area contributed by atoms with Gasteiger partial charge in [-0.05, 0) is 32.5 Å². The average molecular weight is 546 g/mol. The largest absolute Gasteiger partial charge is 0.494 e. The van der Waals surface area contributed by atoms with Crippen molar-refractivity contribution in [2.45, 2.75) is 18.9 Å². The van der Waals surface area contributed by atoms with Gasteiger partial charge in [0.1, 0.15) is 17.0 Å². The Morgan fingerprint density at radius 3 is 2.80 bits per heavy atom. The number of carbonyl (C=O) groups excluding carboxylic acids is 1. The minimum Gasteiger partial charge on any atom is -0.494 e. The van der Waals surface area contributed by atoms with Crippen LogP contribution in [-0.2, 0) is 4.74 Å². The Balaban J connectivity index is 1.53. The predicted molar refractivity (Wildman–Crippen MR) is 153 cm³/mol. The zero-order chi connectivity index (χ0) is 28.4. The van der Waals surface area contributed by atoms with Gasteiger partial charge in [0, 0.05) is 60.6 Å². The maximum atomic E-state index is 12.6. The Labute approximate surface area is 231 Å². The van der Waals surface area contributed by atoms with Gasteiger partial charge in [-0.2, -0.15) is 0 Å². The number of aromatic amines is 1. The predicted octanol–water partition coefficient (Wildman–Crippen LogP) is 4.60. The van der Waals surface area contributed by atoms with Gasteiger partial charge < -0.3 is 29.6 Å². The van der Waals surface area contributed by atoms with E-state index in [0.29, 0.717) is 41.0 Å². The van der Waals surface area contributed by atoms with Crippen LogP contribution >= 0.6 is 0 Å². The highest BCUT2D eigenvalue weighted by molar-refractivity contribution is 6.02. The summed E-state index contributed by atoms with van der Waals surface area (Å²) in [5.41, 5.74) is 2.80. The van der Waals surface area contributed by atoms with Crippen LogP contribution < -0.4 is 15.0 Å². The number of likely N-dealkylation sites (N-methyl/N-ethyl adjacent to an activating group) is 2. The molecule has 0 spiro atoms. The first kappa shape index (κ1) is 26.9.